The minimum Gasteiger partial charge on any atom is -0.293 e. The molecule has 0 radical (unpaired) electrons. The van der Waals surface area contributed by atoms with Crippen molar-refractivity contribution in [3.05, 3.63) is 33.5 Å². The second-order valence-electron chi connectivity index (χ2n) is 4.94. The van der Waals surface area contributed by atoms with E-state index >= 15 is 0 Å². The van der Waals surface area contributed by atoms with Gasteiger partial charge in [-0.05, 0) is 47.4 Å². The van der Waals surface area contributed by atoms with E-state index in [1.165, 1.54) is 34.5 Å². The fraction of sp³-hybridized carbons (Fsp3) is 0.538. The molecule has 2 aromatic heterocycles. The van der Waals surface area contributed by atoms with Gasteiger partial charge in [-0.15, -0.1) is 11.3 Å². The molecule has 1 fully saturated rings. The highest BCUT2D eigenvalue weighted by atomic mass is 79.9. The molecule has 4 nitrogen and oxygen atoms in total. The molecule has 19 heavy (non-hydrogen) atoms. The molecule has 1 aliphatic heterocycles. The Kier molecular flexibility index (Phi) is 4.30. The van der Waals surface area contributed by atoms with Gasteiger partial charge in [0.05, 0.1) is 10.3 Å². The lowest BCUT2D eigenvalue weighted by Gasteiger charge is -2.35. The smallest absolute Gasteiger partial charge is 0.137 e. The normalized spacial score (nSPS) is 20.8. The molecule has 0 spiro atoms. The van der Waals surface area contributed by atoms with Crippen molar-refractivity contribution < 1.29 is 0 Å². The van der Waals surface area contributed by atoms with Gasteiger partial charge in [0.2, 0.25) is 0 Å². The first-order valence-electron chi connectivity index (χ1n) is 6.62. The van der Waals surface area contributed by atoms with Crippen LogP contribution in [0.15, 0.2) is 28.6 Å². The molecule has 3 rings (SSSR count). The van der Waals surface area contributed by atoms with Crippen molar-refractivity contribution in [2.24, 2.45) is 0 Å². The van der Waals surface area contributed by atoms with Crippen LogP contribution in [0.25, 0.3) is 0 Å². The zero-order valence-electron chi connectivity index (χ0n) is 10.7. The summed E-state index contributed by atoms with van der Waals surface area (Å²) in [6.45, 7) is 3.19. The Morgan fingerprint density at radius 3 is 3.05 bits per heavy atom. The Morgan fingerprint density at radius 2 is 2.32 bits per heavy atom. The van der Waals surface area contributed by atoms with Crippen LogP contribution in [0.4, 0.5) is 0 Å². The molecule has 1 aliphatic rings. The van der Waals surface area contributed by atoms with Crippen LogP contribution < -0.4 is 0 Å². The molecule has 6 heteroatoms. The van der Waals surface area contributed by atoms with Crippen LogP contribution in [0, 0.1) is 0 Å². The average Bonchev–Trinajstić information content (AvgIpc) is 3.04. The van der Waals surface area contributed by atoms with Gasteiger partial charge < -0.3 is 0 Å². The predicted octanol–water partition coefficient (Wildman–Crippen LogP) is 3.16. The van der Waals surface area contributed by atoms with Gasteiger partial charge in [0.1, 0.15) is 12.7 Å². The Balaban J connectivity index is 1.66. The zero-order valence-corrected chi connectivity index (χ0v) is 13.1. The van der Waals surface area contributed by atoms with Crippen LogP contribution in [0.3, 0.4) is 0 Å². The van der Waals surface area contributed by atoms with E-state index in [2.05, 4.69) is 43.0 Å². The number of hydrogen-bond acceptors (Lipinski definition) is 4. The number of likely N-dealkylation sites (tertiary alicyclic amines) is 1. The van der Waals surface area contributed by atoms with Gasteiger partial charge in [0, 0.05) is 17.5 Å². The quantitative estimate of drug-likeness (QED) is 0.857. The fourth-order valence-corrected chi connectivity index (χ4v) is 4.16. The van der Waals surface area contributed by atoms with Crippen LogP contribution in [0.5, 0.6) is 0 Å². The number of halogens is 1. The maximum absolute atomic E-state index is 4.23. The minimum absolute atomic E-state index is 0.580. The summed E-state index contributed by atoms with van der Waals surface area (Å²) in [5.41, 5.74) is 0. The van der Waals surface area contributed by atoms with E-state index in [-0.39, 0.29) is 0 Å². The van der Waals surface area contributed by atoms with E-state index < -0.39 is 0 Å². The Bertz CT molecular complexity index is 510. The standard InChI is InChI=1S/C13H17BrN4S/c14-13-5-4-12(19-13)8-17-6-2-1-3-11(17)7-18-10-15-9-16-18/h4-5,9-11H,1-3,6-8H2. The average molecular weight is 341 g/mol. The van der Waals surface area contributed by atoms with E-state index in [9.17, 15) is 0 Å². The van der Waals surface area contributed by atoms with E-state index in [0.29, 0.717) is 6.04 Å². The SMILES string of the molecule is Brc1ccc(CN2CCCCC2Cn2cncn2)s1. The van der Waals surface area contributed by atoms with Crippen LogP contribution in [0.1, 0.15) is 24.1 Å². The number of rotatable bonds is 4. The summed E-state index contributed by atoms with van der Waals surface area (Å²) in [4.78, 5) is 8.04. The first kappa shape index (κ1) is 13.3. The highest BCUT2D eigenvalue weighted by Gasteiger charge is 2.23. The summed E-state index contributed by atoms with van der Waals surface area (Å²) in [6, 6.07) is 4.93. The zero-order chi connectivity index (χ0) is 13.1. The summed E-state index contributed by atoms with van der Waals surface area (Å²) in [6.07, 6.45) is 7.31. The first-order valence-corrected chi connectivity index (χ1v) is 8.23. The summed E-state index contributed by atoms with van der Waals surface area (Å²) < 4.78 is 3.17. The van der Waals surface area contributed by atoms with Gasteiger partial charge in [0.15, 0.2) is 0 Å². The summed E-state index contributed by atoms with van der Waals surface area (Å²) in [5, 5.41) is 4.23. The van der Waals surface area contributed by atoms with Crippen molar-refractivity contribution in [1.29, 1.82) is 0 Å². The molecular formula is C13H17BrN4S. The van der Waals surface area contributed by atoms with Crippen molar-refractivity contribution in [3.8, 4) is 0 Å². The van der Waals surface area contributed by atoms with E-state index in [0.717, 1.165) is 13.1 Å². The summed E-state index contributed by atoms with van der Waals surface area (Å²) in [5.74, 6) is 0. The molecule has 0 aromatic carbocycles. The van der Waals surface area contributed by atoms with E-state index in [1.54, 1.807) is 6.33 Å². The van der Waals surface area contributed by atoms with Gasteiger partial charge >= 0.3 is 0 Å². The molecule has 0 amide bonds. The molecule has 1 saturated heterocycles. The molecular weight excluding hydrogens is 324 g/mol. The fourth-order valence-electron chi connectivity index (χ4n) is 2.65. The van der Waals surface area contributed by atoms with Crippen molar-refractivity contribution in [2.45, 2.75) is 38.4 Å². The lowest BCUT2D eigenvalue weighted by molar-refractivity contribution is 0.123. The molecule has 0 N–H and O–H groups in total. The Labute approximate surface area is 125 Å². The van der Waals surface area contributed by atoms with Crippen molar-refractivity contribution in [2.75, 3.05) is 6.54 Å². The molecule has 1 atom stereocenters. The number of nitrogens with zero attached hydrogens (tertiary/aromatic N) is 4. The van der Waals surface area contributed by atoms with Gasteiger partial charge in [-0.25, -0.2) is 4.98 Å². The number of hydrogen-bond donors (Lipinski definition) is 0. The van der Waals surface area contributed by atoms with Gasteiger partial charge in [-0.2, -0.15) is 5.10 Å². The second kappa shape index (κ2) is 6.15. The van der Waals surface area contributed by atoms with Crippen molar-refractivity contribution in [3.63, 3.8) is 0 Å². The molecule has 102 valence electrons. The van der Waals surface area contributed by atoms with Crippen LogP contribution >= 0.6 is 27.3 Å². The summed E-state index contributed by atoms with van der Waals surface area (Å²) >= 11 is 5.37. The number of thiophene rings is 1. The third kappa shape index (κ3) is 3.43. The van der Waals surface area contributed by atoms with Gasteiger partial charge in [0.25, 0.3) is 0 Å². The second-order valence-corrected chi connectivity index (χ2v) is 7.49. The van der Waals surface area contributed by atoms with Crippen LogP contribution in [0.2, 0.25) is 0 Å². The lowest BCUT2D eigenvalue weighted by atomic mass is 10.0. The highest BCUT2D eigenvalue weighted by molar-refractivity contribution is 9.11. The maximum Gasteiger partial charge on any atom is 0.137 e. The largest absolute Gasteiger partial charge is 0.293 e. The van der Waals surface area contributed by atoms with Crippen LogP contribution in [-0.4, -0.2) is 32.3 Å². The molecule has 2 aromatic rings. The Morgan fingerprint density at radius 1 is 1.37 bits per heavy atom. The maximum atomic E-state index is 4.23. The van der Waals surface area contributed by atoms with Gasteiger partial charge in [-0.1, -0.05) is 6.42 Å². The number of piperidine rings is 1. The van der Waals surface area contributed by atoms with Crippen molar-refractivity contribution in [1.82, 2.24) is 19.7 Å². The molecule has 1 unspecified atom stereocenters. The van der Waals surface area contributed by atoms with E-state index in [4.69, 9.17) is 0 Å². The topological polar surface area (TPSA) is 34.0 Å². The molecule has 3 heterocycles. The van der Waals surface area contributed by atoms with Crippen LogP contribution in [-0.2, 0) is 13.1 Å². The Hall–Kier alpha value is -0.720. The third-order valence-electron chi connectivity index (χ3n) is 3.60. The minimum atomic E-state index is 0.580. The molecule has 0 bridgehead atoms. The third-order valence-corrected chi connectivity index (χ3v) is 5.21. The van der Waals surface area contributed by atoms with E-state index in [1.807, 2.05) is 22.3 Å². The monoisotopic (exact) mass is 340 g/mol. The summed E-state index contributed by atoms with van der Waals surface area (Å²) in [7, 11) is 0. The predicted molar refractivity (Wildman–Crippen MR) is 80.1 cm³/mol. The lowest BCUT2D eigenvalue weighted by Crippen LogP contribution is -2.41. The molecule has 0 aliphatic carbocycles. The first-order chi connectivity index (χ1) is 9.31. The van der Waals surface area contributed by atoms with Crippen molar-refractivity contribution >= 4 is 27.3 Å². The van der Waals surface area contributed by atoms with Gasteiger partial charge in [-0.3, -0.25) is 9.58 Å². The number of aromatic nitrogens is 3. The molecule has 0 saturated carbocycles. The highest BCUT2D eigenvalue weighted by Crippen LogP contribution is 2.26.